The van der Waals surface area contributed by atoms with Gasteiger partial charge < -0.3 is 9.52 Å². The fraction of sp³-hybridized carbons (Fsp3) is 0.375. The van der Waals surface area contributed by atoms with Crippen molar-refractivity contribution in [2.75, 3.05) is 5.75 Å². The highest BCUT2D eigenvalue weighted by Gasteiger charge is 2.14. The van der Waals surface area contributed by atoms with Crippen LogP contribution in [0.4, 0.5) is 0 Å². The molecule has 0 aliphatic heterocycles. The summed E-state index contributed by atoms with van der Waals surface area (Å²) < 4.78 is 27.1. The number of furan rings is 1. The first-order valence-electron chi connectivity index (χ1n) is 3.97. The minimum absolute atomic E-state index is 0.0100. The van der Waals surface area contributed by atoms with E-state index in [0.717, 1.165) is 0 Å². The minimum atomic E-state index is -3.17. The van der Waals surface area contributed by atoms with Gasteiger partial charge in [-0.15, -0.1) is 0 Å². The van der Waals surface area contributed by atoms with E-state index in [4.69, 9.17) is 9.52 Å². The molecule has 78 valence electrons. The summed E-state index contributed by atoms with van der Waals surface area (Å²) in [5.41, 5.74) is 0. The molecule has 0 radical (unpaired) electrons. The van der Waals surface area contributed by atoms with E-state index in [-0.39, 0.29) is 23.0 Å². The molecule has 6 heteroatoms. The van der Waals surface area contributed by atoms with E-state index < -0.39 is 15.8 Å². The highest BCUT2D eigenvalue weighted by atomic mass is 32.2. The first kappa shape index (κ1) is 10.8. The Morgan fingerprint density at radius 2 is 2.14 bits per heavy atom. The third kappa shape index (κ3) is 2.59. The first-order chi connectivity index (χ1) is 6.44. The summed E-state index contributed by atoms with van der Waals surface area (Å²) in [6.45, 7) is 1.52. The van der Waals surface area contributed by atoms with Crippen molar-refractivity contribution >= 4 is 15.8 Å². The molecule has 0 aliphatic carbocycles. The number of hydrogen-bond donors (Lipinski definition) is 1. The number of carbonyl (C=O) groups is 1. The lowest BCUT2D eigenvalue weighted by molar-refractivity contribution is 0.0660. The maximum absolute atomic E-state index is 11.1. The van der Waals surface area contributed by atoms with Crippen molar-refractivity contribution in [2.45, 2.75) is 12.7 Å². The molecule has 0 aromatic carbocycles. The fourth-order valence-corrected chi connectivity index (χ4v) is 1.68. The van der Waals surface area contributed by atoms with E-state index in [0.29, 0.717) is 0 Å². The second-order valence-electron chi connectivity index (χ2n) is 2.75. The predicted octanol–water partition coefficient (Wildman–Crippen LogP) is 0.913. The number of hydrogen-bond acceptors (Lipinski definition) is 4. The lowest BCUT2D eigenvalue weighted by Crippen LogP contribution is -2.05. The zero-order valence-electron chi connectivity index (χ0n) is 7.56. The Labute approximate surface area is 81.3 Å². The van der Waals surface area contributed by atoms with E-state index >= 15 is 0 Å². The van der Waals surface area contributed by atoms with Gasteiger partial charge in [-0.2, -0.15) is 0 Å². The third-order valence-corrected chi connectivity index (χ3v) is 3.28. The summed E-state index contributed by atoms with van der Waals surface area (Å²) in [4.78, 5) is 10.4. The zero-order valence-corrected chi connectivity index (χ0v) is 8.37. The summed E-state index contributed by atoms with van der Waals surface area (Å²) >= 11 is 0. The van der Waals surface area contributed by atoms with Crippen LogP contribution in [0.5, 0.6) is 0 Å². The Kier molecular flexibility index (Phi) is 2.95. The molecule has 0 saturated heterocycles. The van der Waals surface area contributed by atoms with Crippen molar-refractivity contribution in [3.05, 3.63) is 23.7 Å². The van der Waals surface area contributed by atoms with Crippen LogP contribution in [0.15, 0.2) is 16.5 Å². The van der Waals surface area contributed by atoms with Crippen LogP contribution in [-0.2, 0) is 15.6 Å². The maximum Gasteiger partial charge on any atom is 0.371 e. The van der Waals surface area contributed by atoms with Gasteiger partial charge in [-0.05, 0) is 12.1 Å². The van der Waals surface area contributed by atoms with Crippen LogP contribution in [-0.4, -0.2) is 25.2 Å². The van der Waals surface area contributed by atoms with E-state index in [1.165, 1.54) is 19.1 Å². The Morgan fingerprint density at radius 1 is 1.50 bits per heavy atom. The van der Waals surface area contributed by atoms with E-state index in [1.54, 1.807) is 0 Å². The van der Waals surface area contributed by atoms with Crippen LogP contribution in [0.25, 0.3) is 0 Å². The fourth-order valence-electron chi connectivity index (χ4n) is 0.889. The molecule has 1 rings (SSSR count). The van der Waals surface area contributed by atoms with E-state index in [9.17, 15) is 13.2 Å². The van der Waals surface area contributed by atoms with Crippen molar-refractivity contribution in [1.29, 1.82) is 0 Å². The lowest BCUT2D eigenvalue weighted by Gasteiger charge is -1.96. The molecule has 5 nitrogen and oxygen atoms in total. The van der Waals surface area contributed by atoms with Gasteiger partial charge >= 0.3 is 5.97 Å². The number of sulfone groups is 1. The summed E-state index contributed by atoms with van der Waals surface area (Å²) in [6, 6.07) is 2.60. The highest BCUT2D eigenvalue weighted by Crippen LogP contribution is 2.11. The van der Waals surface area contributed by atoms with Gasteiger partial charge in [0.05, 0.1) is 0 Å². The third-order valence-electron chi connectivity index (χ3n) is 1.67. The molecule has 1 heterocycles. The molecule has 0 atom stereocenters. The van der Waals surface area contributed by atoms with Crippen LogP contribution in [0.2, 0.25) is 0 Å². The molecule has 1 aromatic heterocycles. The second-order valence-corrected chi connectivity index (χ2v) is 5.10. The van der Waals surface area contributed by atoms with Crippen LogP contribution < -0.4 is 0 Å². The smallest absolute Gasteiger partial charge is 0.371 e. The van der Waals surface area contributed by atoms with Gasteiger partial charge in [-0.25, -0.2) is 13.2 Å². The summed E-state index contributed by atoms with van der Waals surface area (Å²) in [7, 11) is -3.17. The molecule has 0 bridgehead atoms. The van der Waals surface area contributed by atoms with Crippen LogP contribution in [0.1, 0.15) is 23.2 Å². The molecular formula is C8H10O5S. The quantitative estimate of drug-likeness (QED) is 0.812. The van der Waals surface area contributed by atoms with Gasteiger partial charge in [0.15, 0.2) is 9.84 Å². The minimum Gasteiger partial charge on any atom is -0.475 e. The summed E-state index contributed by atoms with van der Waals surface area (Å²) in [6.07, 6.45) is 0. The monoisotopic (exact) mass is 218 g/mol. The summed E-state index contributed by atoms with van der Waals surface area (Å²) in [5.74, 6) is -1.53. The molecule has 14 heavy (non-hydrogen) atoms. The Hall–Kier alpha value is -1.30. The van der Waals surface area contributed by atoms with Crippen LogP contribution in [0.3, 0.4) is 0 Å². The predicted molar refractivity (Wildman–Crippen MR) is 48.8 cm³/mol. The maximum atomic E-state index is 11.1. The molecule has 0 spiro atoms. The van der Waals surface area contributed by atoms with Crippen LogP contribution in [0, 0.1) is 0 Å². The van der Waals surface area contributed by atoms with Gasteiger partial charge in [0.2, 0.25) is 5.76 Å². The highest BCUT2D eigenvalue weighted by molar-refractivity contribution is 7.90. The average molecular weight is 218 g/mol. The molecule has 0 aliphatic rings. The zero-order chi connectivity index (χ0) is 10.8. The molecule has 0 saturated carbocycles. The average Bonchev–Trinajstić information content (AvgIpc) is 2.52. The number of rotatable bonds is 4. The van der Waals surface area contributed by atoms with Crippen molar-refractivity contribution in [3.8, 4) is 0 Å². The topological polar surface area (TPSA) is 84.6 Å². The SMILES string of the molecule is CCS(=O)(=O)Cc1ccc(C(=O)O)o1. The Morgan fingerprint density at radius 3 is 2.57 bits per heavy atom. The van der Waals surface area contributed by atoms with Gasteiger partial charge in [-0.3, -0.25) is 0 Å². The largest absolute Gasteiger partial charge is 0.475 e. The standard InChI is InChI=1S/C8H10O5S/c1-2-14(11,12)5-6-3-4-7(13-6)8(9)10/h3-4H,2,5H2,1H3,(H,9,10). The van der Waals surface area contributed by atoms with Gasteiger partial charge in [0, 0.05) is 5.75 Å². The molecular weight excluding hydrogens is 208 g/mol. The molecule has 0 amide bonds. The molecule has 0 fully saturated rings. The second kappa shape index (κ2) is 3.83. The Bertz CT molecular complexity index is 428. The van der Waals surface area contributed by atoms with E-state index in [1.807, 2.05) is 0 Å². The molecule has 0 unspecified atom stereocenters. The Balaban J connectivity index is 2.84. The van der Waals surface area contributed by atoms with Crippen molar-refractivity contribution in [2.24, 2.45) is 0 Å². The number of carboxylic acids is 1. The molecule has 1 aromatic rings. The lowest BCUT2D eigenvalue weighted by atomic mass is 10.4. The van der Waals surface area contributed by atoms with Gasteiger partial charge in [-0.1, -0.05) is 6.92 Å². The number of carboxylic acid groups (broad SMARTS) is 1. The van der Waals surface area contributed by atoms with Crippen molar-refractivity contribution in [3.63, 3.8) is 0 Å². The van der Waals surface area contributed by atoms with Crippen molar-refractivity contribution < 1.29 is 22.7 Å². The summed E-state index contributed by atoms with van der Waals surface area (Å²) in [5, 5.41) is 8.51. The normalized spacial score (nSPS) is 11.5. The molecule has 1 N–H and O–H groups in total. The van der Waals surface area contributed by atoms with E-state index in [2.05, 4.69) is 0 Å². The van der Waals surface area contributed by atoms with Gasteiger partial charge in [0.1, 0.15) is 11.5 Å². The van der Waals surface area contributed by atoms with Crippen LogP contribution >= 0.6 is 0 Å². The first-order valence-corrected chi connectivity index (χ1v) is 5.79. The number of aromatic carboxylic acids is 1. The van der Waals surface area contributed by atoms with Crippen molar-refractivity contribution in [1.82, 2.24) is 0 Å². The van der Waals surface area contributed by atoms with Gasteiger partial charge in [0.25, 0.3) is 0 Å².